The molecule has 1 atom stereocenters. The van der Waals surface area contributed by atoms with E-state index < -0.39 is 23.8 Å². The highest BCUT2D eigenvalue weighted by atomic mass is 16.4. The fourth-order valence-electron chi connectivity index (χ4n) is 2.50. The van der Waals surface area contributed by atoms with Crippen molar-refractivity contribution in [1.82, 2.24) is 4.90 Å². The Labute approximate surface area is 123 Å². The molecule has 0 radical (unpaired) electrons. The van der Waals surface area contributed by atoms with Crippen LogP contribution < -0.4 is 4.90 Å². The zero-order valence-corrected chi connectivity index (χ0v) is 12.1. The summed E-state index contributed by atoms with van der Waals surface area (Å²) in [6.45, 7) is 3.37. The third-order valence-corrected chi connectivity index (χ3v) is 3.65. The van der Waals surface area contributed by atoms with Crippen LogP contribution in [0.4, 0.5) is 5.69 Å². The van der Waals surface area contributed by atoms with Gasteiger partial charge in [-0.3, -0.25) is 14.5 Å². The van der Waals surface area contributed by atoms with E-state index >= 15 is 0 Å². The lowest BCUT2D eigenvalue weighted by molar-refractivity contribution is -0.157. The molecule has 0 aromatic heterocycles. The average molecular weight is 290 g/mol. The molecule has 0 bridgehead atoms. The number of hydrogen-bond acceptors (Lipinski definition) is 4. The van der Waals surface area contributed by atoms with Crippen LogP contribution in [-0.4, -0.2) is 46.9 Å². The second-order valence-electron chi connectivity index (χ2n) is 5.01. The lowest BCUT2D eigenvalue weighted by atomic mass is 10.1. The van der Waals surface area contributed by atoms with Crippen molar-refractivity contribution in [3.63, 3.8) is 0 Å². The highest BCUT2D eigenvalue weighted by Crippen LogP contribution is 2.23. The molecule has 1 fully saturated rings. The van der Waals surface area contributed by atoms with Crippen LogP contribution in [0.3, 0.4) is 0 Å². The molecule has 0 aliphatic carbocycles. The van der Waals surface area contributed by atoms with Gasteiger partial charge in [-0.1, -0.05) is 25.1 Å². The van der Waals surface area contributed by atoms with Crippen molar-refractivity contribution in [2.45, 2.75) is 26.3 Å². The third-order valence-electron chi connectivity index (χ3n) is 3.65. The van der Waals surface area contributed by atoms with Crippen molar-refractivity contribution in [2.75, 3.05) is 18.0 Å². The molecule has 21 heavy (non-hydrogen) atoms. The van der Waals surface area contributed by atoms with Crippen LogP contribution in [0.25, 0.3) is 0 Å². The fourth-order valence-corrected chi connectivity index (χ4v) is 2.50. The van der Waals surface area contributed by atoms with Gasteiger partial charge in [-0.15, -0.1) is 0 Å². The molecule has 1 aromatic rings. The number of aliphatic carboxylic acids is 1. The molecule has 1 unspecified atom stereocenters. The normalized spacial score (nSPS) is 17.0. The topological polar surface area (TPSA) is 77.9 Å². The van der Waals surface area contributed by atoms with E-state index in [9.17, 15) is 14.4 Å². The van der Waals surface area contributed by atoms with Gasteiger partial charge in [-0.05, 0) is 25.0 Å². The summed E-state index contributed by atoms with van der Waals surface area (Å²) in [6, 6.07) is 6.46. The Morgan fingerprint density at radius 3 is 2.33 bits per heavy atom. The number of carboxylic acid groups (broad SMARTS) is 1. The molecular weight excluding hydrogens is 272 g/mol. The summed E-state index contributed by atoms with van der Waals surface area (Å²) in [4.78, 5) is 37.8. The van der Waals surface area contributed by atoms with Gasteiger partial charge in [0.05, 0.1) is 13.1 Å². The second kappa shape index (κ2) is 5.95. The smallest absolute Gasteiger partial charge is 0.326 e. The minimum Gasteiger partial charge on any atom is -0.480 e. The lowest BCUT2D eigenvalue weighted by Gasteiger charge is -2.36. The van der Waals surface area contributed by atoms with Crippen LogP contribution in [0, 0.1) is 0 Å². The van der Waals surface area contributed by atoms with Crippen LogP contribution in [0.5, 0.6) is 0 Å². The molecule has 1 saturated heterocycles. The Morgan fingerprint density at radius 1 is 1.24 bits per heavy atom. The van der Waals surface area contributed by atoms with Crippen LogP contribution in [0.1, 0.15) is 19.4 Å². The number of amides is 2. The molecule has 6 nitrogen and oxygen atoms in total. The molecule has 1 aromatic carbocycles. The lowest BCUT2D eigenvalue weighted by Crippen LogP contribution is -2.58. The van der Waals surface area contributed by atoms with Crippen LogP contribution in [0.15, 0.2) is 24.3 Å². The van der Waals surface area contributed by atoms with Gasteiger partial charge in [-0.25, -0.2) is 4.79 Å². The SMILES string of the molecule is CCc1ccccc1N1CC(=O)N(C(C)C(=O)O)C(=O)C1. The minimum absolute atomic E-state index is 0.0143. The Morgan fingerprint density at radius 2 is 1.81 bits per heavy atom. The molecule has 1 N–H and O–H groups in total. The predicted octanol–water partition coefficient (Wildman–Crippen LogP) is 0.897. The summed E-state index contributed by atoms with van der Waals surface area (Å²) in [5.41, 5.74) is 1.90. The molecule has 6 heteroatoms. The highest BCUT2D eigenvalue weighted by Gasteiger charge is 2.37. The second-order valence-corrected chi connectivity index (χ2v) is 5.01. The highest BCUT2D eigenvalue weighted by molar-refractivity contribution is 6.05. The number of carbonyl (C=O) groups excluding carboxylic acids is 2. The number of anilines is 1. The van der Waals surface area contributed by atoms with Crippen molar-refractivity contribution < 1.29 is 19.5 Å². The maximum atomic E-state index is 12.1. The maximum Gasteiger partial charge on any atom is 0.326 e. The first kappa shape index (κ1) is 15.0. The summed E-state index contributed by atoms with van der Waals surface area (Å²) in [7, 11) is 0. The van der Waals surface area contributed by atoms with Gasteiger partial charge in [0, 0.05) is 5.69 Å². The third kappa shape index (κ3) is 2.89. The van der Waals surface area contributed by atoms with E-state index in [0.29, 0.717) is 0 Å². The molecule has 2 amide bonds. The van der Waals surface area contributed by atoms with Crippen LogP contribution in [-0.2, 0) is 20.8 Å². The van der Waals surface area contributed by atoms with Crippen molar-refractivity contribution >= 4 is 23.5 Å². The van der Waals surface area contributed by atoms with E-state index in [1.54, 1.807) is 4.90 Å². The number of carbonyl (C=O) groups is 3. The van der Waals surface area contributed by atoms with Crippen LogP contribution >= 0.6 is 0 Å². The van der Waals surface area contributed by atoms with Gasteiger partial charge in [0.15, 0.2) is 0 Å². The zero-order chi connectivity index (χ0) is 15.6. The number of para-hydroxylation sites is 1. The summed E-state index contributed by atoms with van der Waals surface area (Å²) in [5, 5.41) is 8.98. The number of benzene rings is 1. The van der Waals surface area contributed by atoms with E-state index in [4.69, 9.17) is 5.11 Å². The number of nitrogens with zero attached hydrogens (tertiary/aromatic N) is 2. The number of carboxylic acids is 1. The summed E-state index contributed by atoms with van der Waals surface area (Å²) in [5.74, 6) is -2.14. The number of hydrogen-bond donors (Lipinski definition) is 1. The van der Waals surface area contributed by atoms with E-state index in [1.165, 1.54) is 6.92 Å². The molecule has 0 spiro atoms. The van der Waals surface area contributed by atoms with E-state index in [1.807, 2.05) is 31.2 Å². The molecule has 1 aliphatic heterocycles. The van der Waals surface area contributed by atoms with Gasteiger partial charge in [0.2, 0.25) is 11.8 Å². The van der Waals surface area contributed by atoms with Crippen LogP contribution in [0.2, 0.25) is 0 Å². The predicted molar refractivity (Wildman–Crippen MR) is 77.0 cm³/mol. The minimum atomic E-state index is -1.18. The first-order valence-corrected chi connectivity index (χ1v) is 6.86. The number of rotatable bonds is 4. The summed E-state index contributed by atoms with van der Waals surface area (Å²) < 4.78 is 0. The Balaban J connectivity index is 2.24. The molecule has 1 heterocycles. The standard InChI is InChI=1S/C15H18N2O4/c1-3-11-6-4-5-7-12(11)16-8-13(18)17(14(19)9-16)10(2)15(20)21/h4-7,10H,3,8-9H2,1-2H3,(H,20,21). The maximum absolute atomic E-state index is 12.1. The molecular formula is C15H18N2O4. The molecule has 2 rings (SSSR count). The van der Waals surface area contributed by atoms with Gasteiger partial charge in [0.25, 0.3) is 0 Å². The zero-order valence-electron chi connectivity index (χ0n) is 12.1. The first-order chi connectivity index (χ1) is 9.95. The Hall–Kier alpha value is -2.37. The van der Waals surface area contributed by atoms with Gasteiger partial charge >= 0.3 is 5.97 Å². The average Bonchev–Trinajstić information content (AvgIpc) is 2.46. The fraction of sp³-hybridized carbons (Fsp3) is 0.400. The van der Waals surface area contributed by atoms with E-state index in [0.717, 1.165) is 22.6 Å². The molecule has 1 aliphatic rings. The van der Waals surface area contributed by atoms with Gasteiger partial charge in [0.1, 0.15) is 6.04 Å². The molecule has 0 saturated carbocycles. The monoisotopic (exact) mass is 290 g/mol. The Kier molecular flexibility index (Phi) is 4.26. The van der Waals surface area contributed by atoms with Crippen molar-refractivity contribution in [1.29, 1.82) is 0 Å². The summed E-state index contributed by atoms with van der Waals surface area (Å²) in [6.07, 6.45) is 0.796. The van der Waals surface area contributed by atoms with E-state index in [-0.39, 0.29) is 13.1 Å². The van der Waals surface area contributed by atoms with E-state index in [2.05, 4.69) is 0 Å². The number of aryl methyl sites for hydroxylation is 1. The number of piperazine rings is 1. The Bertz CT molecular complexity index is 567. The van der Waals surface area contributed by atoms with Gasteiger partial charge in [-0.2, -0.15) is 0 Å². The largest absolute Gasteiger partial charge is 0.480 e. The molecule has 112 valence electrons. The van der Waals surface area contributed by atoms with Crippen molar-refractivity contribution in [3.05, 3.63) is 29.8 Å². The first-order valence-electron chi connectivity index (χ1n) is 6.86. The quantitative estimate of drug-likeness (QED) is 0.834. The van der Waals surface area contributed by atoms with Gasteiger partial charge < -0.3 is 10.0 Å². The van der Waals surface area contributed by atoms with Crippen molar-refractivity contribution in [2.24, 2.45) is 0 Å². The summed E-state index contributed by atoms with van der Waals surface area (Å²) >= 11 is 0. The number of imide groups is 1. The van der Waals surface area contributed by atoms with Crippen molar-refractivity contribution in [3.8, 4) is 0 Å².